The van der Waals surface area contributed by atoms with Gasteiger partial charge in [0.05, 0.1) is 11.1 Å². The maximum absolute atomic E-state index is 10.9. The van der Waals surface area contributed by atoms with Crippen LogP contribution in [0.4, 0.5) is 5.69 Å². The molecule has 23 heavy (non-hydrogen) atoms. The minimum atomic E-state index is -0.391. The van der Waals surface area contributed by atoms with Crippen LogP contribution in [0.15, 0.2) is 46.8 Å². The average molecular weight is 328 g/mol. The molecular weight excluding hydrogens is 316 g/mol. The molecule has 0 atom stereocenters. The number of aromatic nitrogens is 5. The maximum atomic E-state index is 10.9. The number of hydrogen-bond donors (Lipinski definition) is 0. The lowest BCUT2D eigenvalue weighted by Gasteiger charge is -2.04. The second-order valence-electron chi connectivity index (χ2n) is 4.76. The Labute approximate surface area is 135 Å². The van der Waals surface area contributed by atoms with Gasteiger partial charge in [0, 0.05) is 36.0 Å². The Morgan fingerprint density at radius 3 is 2.74 bits per heavy atom. The minimum absolute atomic E-state index is 0.104. The highest BCUT2D eigenvalue weighted by Crippen LogP contribution is 2.31. The monoisotopic (exact) mass is 328 g/mol. The molecule has 3 rings (SSSR count). The van der Waals surface area contributed by atoms with E-state index in [1.165, 1.54) is 17.8 Å². The maximum Gasteiger partial charge on any atom is 0.272 e. The van der Waals surface area contributed by atoms with Crippen LogP contribution in [-0.4, -0.2) is 29.7 Å². The van der Waals surface area contributed by atoms with E-state index in [9.17, 15) is 10.1 Å². The molecule has 2 aromatic heterocycles. The third kappa shape index (κ3) is 3.04. The molecule has 2 heterocycles. The van der Waals surface area contributed by atoms with Gasteiger partial charge >= 0.3 is 0 Å². The van der Waals surface area contributed by atoms with Crippen LogP contribution in [0.1, 0.15) is 5.56 Å². The fraction of sp³-hybridized carbons (Fsp3) is 0.143. The number of nitro benzene ring substituents is 1. The Hall–Kier alpha value is -2.81. The van der Waals surface area contributed by atoms with Crippen molar-refractivity contribution in [1.29, 1.82) is 0 Å². The molecule has 0 N–H and O–H groups in total. The van der Waals surface area contributed by atoms with Crippen LogP contribution in [0, 0.1) is 17.0 Å². The van der Waals surface area contributed by atoms with E-state index in [0.717, 1.165) is 4.90 Å². The van der Waals surface area contributed by atoms with Gasteiger partial charge in [-0.1, -0.05) is 0 Å². The topological polar surface area (TPSA) is 99.6 Å². The molecule has 0 amide bonds. The van der Waals surface area contributed by atoms with E-state index in [2.05, 4.69) is 20.2 Å². The Morgan fingerprint density at radius 2 is 2.09 bits per heavy atom. The van der Waals surface area contributed by atoms with E-state index < -0.39 is 4.92 Å². The zero-order chi connectivity index (χ0) is 16.4. The lowest BCUT2D eigenvalue weighted by Crippen LogP contribution is -1.97. The molecular formula is C14H12N6O2S. The summed E-state index contributed by atoms with van der Waals surface area (Å²) >= 11 is 1.38. The normalized spacial score (nSPS) is 10.7. The highest BCUT2D eigenvalue weighted by Gasteiger charge is 2.15. The number of nitro groups is 1. The third-order valence-corrected chi connectivity index (χ3v) is 4.23. The van der Waals surface area contributed by atoms with E-state index in [0.29, 0.717) is 22.2 Å². The van der Waals surface area contributed by atoms with Crippen molar-refractivity contribution < 1.29 is 4.92 Å². The third-order valence-electron chi connectivity index (χ3n) is 3.20. The summed E-state index contributed by atoms with van der Waals surface area (Å²) in [5.41, 5.74) is 1.35. The first kappa shape index (κ1) is 15.1. The van der Waals surface area contributed by atoms with Gasteiger partial charge in [-0.25, -0.2) is 4.98 Å². The van der Waals surface area contributed by atoms with Gasteiger partial charge in [0.1, 0.15) is 5.69 Å². The molecule has 0 aliphatic carbocycles. The molecule has 1 aromatic carbocycles. The van der Waals surface area contributed by atoms with Gasteiger partial charge in [-0.2, -0.15) is 0 Å². The van der Waals surface area contributed by atoms with E-state index >= 15 is 0 Å². The van der Waals surface area contributed by atoms with Crippen molar-refractivity contribution in [3.8, 4) is 11.5 Å². The molecule has 9 heteroatoms. The second kappa shape index (κ2) is 6.13. The lowest BCUT2D eigenvalue weighted by molar-refractivity contribution is -0.385. The SMILES string of the molecule is Cc1cc(Sc2nnc(-c3cnccn3)n2C)ccc1[N+](=O)[O-]. The molecule has 0 aliphatic heterocycles. The second-order valence-corrected chi connectivity index (χ2v) is 5.80. The fourth-order valence-corrected chi connectivity index (χ4v) is 2.93. The van der Waals surface area contributed by atoms with Gasteiger partial charge < -0.3 is 4.57 Å². The summed E-state index contributed by atoms with van der Waals surface area (Å²) in [5.74, 6) is 0.610. The Bertz CT molecular complexity index is 865. The predicted octanol–water partition coefficient (Wildman–Crippen LogP) is 2.64. The van der Waals surface area contributed by atoms with Crippen molar-refractivity contribution in [2.24, 2.45) is 7.05 Å². The van der Waals surface area contributed by atoms with Crippen LogP contribution in [0.3, 0.4) is 0 Å². The first-order chi connectivity index (χ1) is 11.1. The van der Waals surface area contributed by atoms with Crippen molar-refractivity contribution in [1.82, 2.24) is 24.7 Å². The van der Waals surface area contributed by atoms with Crippen molar-refractivity contribution >= 4 is 17.4 Å². The zero-order valence-corrected chi connectivity index (χ0v) is 13.2. The van der Waals surface area contributed by atoms with Gasteiger partial charge in [0.25, 0.3) is 5.69 Å². The molecule has 0 spiro atoms. The van der Waals surface area contributed by atoms with Crippen LogP contribution in [0.2, 0.25) is 0 Å². The smallest absolute Gasteiger partial charge is 0.272 e. The molecule has 8 nitrogen and oxygen atoms in total. The van der Waals surface area contributed by atoms with E-state index in [1.54, 1.807) is 37.6 Å². The molecule has 3 aromatic rings. The predicted molar refractivity (Wildman–Crippen MR) is 84.0 cm³/mol. The van der Waals surface area contributed by atoms with E-state index in [4.69, 9.17) is 0 Å². The fourth-order valence-electron chi connectivity index (χ4n) is 2.04. The molecule has 0 aliphatic rings. The average Bonchev–Trinajstić information content (AvgIpc) is 2.89. The number of rotatable bonds is 4. The van der Waals surface area contributed by atoms with Crippen molar-refractivity contribution in [2.45, 2.75) is 17.0 Å². The molecule has 0 radical (unpaired) electrons. The summed E-state index contributed by atoms with van der Waals surface area (Å²) in [6.07, 6.45) is 4.81. The summed E-state index contributed by atoms with van der Waals surface area (Å²) in [6.45, 7) is 1.71. The lowest BCUT2D eigenvalue weighted by atomic mass is 10.2. The van der Waals surface area contributed by atoms with Crippen molar-refractivity contribution in [2.75, 3.05) is 0 Å². The van der Waals surface area contributed by atoms with Gasteiger partial charge in [-0.15, -0.1) is 10.2 Å². The Balaban J connectivity index is 1.88. The Kier molecular flexibility index (Phi) is 4.02. The Morgan fingerprint density at radius 1 is 1.26 bits per heavy atom. The summed E-state index contributed by atoms with van der Waals surface area (Å²) in [7, 11) is 1.84. The number of benzene rings is 1. The first-order valence-corrected chi connectivity index (χ1v) is 7.46. The molecule has 0 saturated carbocycles. The molecule has 0 bridgehead atoms. The largest absolute Gasteiger partial charge is 0.304 e. The highest BCUT2D eigenvalue weighted by molar-refractivity contribution is 7.99. The molecule has 0 unspecified atom stereocenters. The van der Waals surface area contributed by atoms with Crippen LogP contribution < -0.4 is 0 Å². The van der Waals surface area contributed by atoms with Gasteiger partial charge in [0.15, 0.2) is 11.0 Å². The van der Waals surface area contributed by atoms with Crippen LogP contribution in [-0.2, 0) is 7.05 Å². The van der Waals surface area contributed by atoms with Crippen LogP contribution in [0.25, 0.3) is 11.5 Å². The first-order valence-electron chi connectivity index (χ1n) is 6.65. The highest BCUT2D eigenvalue weighted by atomic mass is 32.2. The summed E-state index contributed by atoms with van der Waals surface area (Å²) in [5, 5.41) is 19.8. The minimum Gasteiger partial charge on any atom is -0.304 e. The molecule has 0 fully saturated rings. The number of hydrogen-bond acceptors (Lipinski definition) is 7. The molecule has 0 saturated heterocycles. The standard InChI is InChI=1S/C14H12N6O2S/c1-9-7-10(3-4-12(9)20(21)22)23-14-18-17-13(19(14)2)11-8-15-5-6-16-11/h3-8H,1-2H3. The van der Waals surface area contributed by atoms with Gasteiger partial charge in [-0.05, 0) is 30.8 Å². The van der Waals surface area contributed by atoms with E-state index in [1.807, 2.05) is 11.6 Å². The zero-order valence-electron chi connectivity index (χ0n) is 12.4. The summed E-state index contributed by atoms with van der Waals surface area (Å²) in [6, 6.07) is 4.96. The molecule has 116 valence electrons. The van der Waals surface area contributed by atoms with Gasteiger partial charge in [0.2, 0.25) is 0 Å². The van der Waals surface area contributed by atoms with Crippen LogP contribution >= 0.6 is 11.8 Å². The number of aryl methyl sites for hydroxylation is 1. The quantitative estimate of drug-likeness (QED) is 0.536. The van der Waals surface area contributed by atoms with Crippen molar-refractivity contribution in [3.63, 3.8) is 0 Å². The van der Waals surface area contributed by atoms with E-state index in [-0.39, 0.29) is 5.69 Å². The van der Waals surface area contributed by atoms with Crippen molar-refractivity contribution in [3.05, 3.63) is 52.5 Å². The number of nitrogens with zero attached hydrogens (tertiary/aromatic N) is 6. The van der Waals surface area contributed by atoms with Crippen LogP contribution in [0.5, 0.6) is 0 Å². The van der Waals surface area contributed by atoms with Gasteiger partial charge in [-0.3, -0.25) is 15.1 Å². The summed E-state index contributed by atoms with van der Waals surface area (Å²) < 4.78 is 1.81. The summed E-state index contributed by atoms with van der Waals surface area (Å²) in [4.78, 5) is 19.6.